The number of nitrogens with zero attached hydrogens (tertiary/aromatic N) is 1. The van der Waals surface area contributed by atoms with Crippen LogP contribution >= 0.6 is 0 Å². The third kappa shape index (κ3) is 0.859. The molecule has 1 saturated carbocycles. The van der Waals surface area contributed by atoms with Crippen molar-refractivity contribution in [3.8, 4) is 0 Å². The van der Waals surface area contributed by atoms with E-state index in [1.807, 2.05) is 0 Å². The molecule has 0 aromatic carbocycles. The maximum Gasteiger partial charge on any atom is 0.0418 e. The van der Waals surface area contributed by atoms with Gasteiger partial charge in [-0.1, -0.05) is 6.58 Å². The summed E-state index contributed by atoms with van der Waals surface area (Å²) in [5, 5.41) is 0. The molecule has 1 aliphatic heterocycles. The van der Waals surface area contributed by atoms with Crippen molar-refractivity contribution in [2.75, 3.05) is 13.6 Å². The summed E-state index contributed by atoms with van der Waals surface area (Å²) in [6.07, 6.45) is 5.03. The van der Waals surface area contributed by atoms with Crippen LogP contribution in [0.5, 0.6) is 0 Å². The molecule has 0 atom stereocenters. The average molecular weight is 135 g/mol. The zero-order valence-corrected chi connectivity index (χ0v) is 6.43. The number of hydrogen-bond acceptors (Lipinski definition) is 1. The highest BCUT2D eigenvalue weighted by atomic mass is 15.1. The Morgan fingerprint density at radius 1 is 1.60 bits per heavy atom. The summed E-state index contributed by atoms with van der Waals surface area (Å²) >= 11 is 0. The molecule has 0 aromatic heterocycles. The highest BCUT2D eigenvalue weighted by Crippen LogP contribution is 2.40. The zero-order valence-electron chi connectivity index (χ0n) is 6.43. The number of likely N-dealkylation sites (N-methyl/N-ethyl adjacent to an activating group) is 1. The van der Waals surface area contributed by atoms with Crippen molar-refractivity contribution in [3.63, 3.8) is 0 Å². The van der Waals surface area contributed by atoms with Gasteiger partial charge < -0.3 is 4.90 Å². The SMILES string of the molecule is C=C1C=C(C2CC2)N(C)C1. The molecule has 2 aliphatic rings. The summed E-state index contributed by atoms with van der Waals surface area (Å²) in [7, 11) is 2.16. The van der Waals surface area contributed by atoms with Gasteiger partial charge in [0, 0.05) is 19.3 Å². The Bertz CT molecular complexity index is 199. The normalized spacial score (nSPS) is 25.5. The molecule has 1 aliphatic carbocycles. The van der Waals surface area contributed by atoms with Crippen molar-refractivity contribution < 1.29 is 0 Å². The Morgan fingerprint density at radius 3 is 2.70 bits per heavy atom. The minimum Gasteiger partial charge on any atom is -0.373 e. The molecule has 0 spiro atoms. The van der Waals surface area contributed by atoms with Crippen LogP contribution in [0.1, 0.15) is 12.8 Å². The van der Waals surface area contributed by atoms with Crippen LogP contribution in [0.4, 0.5) is 0 Å². The van der Waals surface area contributed by atoms with Crippen molar-refractivity contribution in [2.24, 2.45) is 5.92 Å². The highest BCUT2D eigenvalue weighted by Gasteiger charge is 2.30. The summed E-state index contributed by atoms with van der Waals surface area (Å²) in [5.41, 5.74) is 2.79. The van der Waals surface area contributed by atoms with E-state index >= 15 is 0 Å². The van der Waals surface area contributed by atoms with E-state index < -0.39 is 0 Å². The van der Waals surface area contributed by atoms with Gasteiger partial charge in [0.1, 0.15) is 0 Å². The van der Waals surface area contributed by atoms with Gasteiger partial charge in [-0.15, -0.1) is 0 Å². The zero-order chi connectivity index (χ0) is 7.14. The quantitative estimate of drug-likeness (QED) is 0.529. The van der Waals surface area contributed by atoms with Crippen molar-refractivity contribution in [1.29, 1.82) is 0 Å². The van der Waals surface area contributed by atoms with E-state index in [1.165, 1.54) is 24.1 Å². The minimum absolute atomic E-state index is 0.879. The second kappa shape index (κ2) is 1.88. The molecule has 54 valence electrons. The second-order valence-electron chi connectivity index (χ2n) is 3.36. The first-order chi connectivity index (χ1) is 4.77. The standard InChI is InChI=1S/C9H13N/c1-7-5-9(8-3-4-8)10(2)6-7/h5,8H,1,3-4,6H2,2H3. The first-order valence-electron chi connectivity index (χ1n) is 3.88. The van der Waals surface area contributed by atoms with Gasteiger partial charge in [-0.25, -0.2) is 0 Å². The topological polar surface area (TPSA) is 3.24 Å². The van der Waals surface area contributed by atoms with Gasteiger partial charge >= 0.3 is 0 Å². The maximum atomic E-state index is 3.95. The van der Waals surface area contributed by atoms with Crippen LogP contribution in [0.15, 0.2) is 23.9 Å². The Labute approximate surface area is 62.0 Å². The van der Waals surface area contributed by atoms with Gasteiger partial charge in [0.2, 0.25) is 0 Å². The number of allylic oxidation sites excluding steroid dienone is 1. The molecule has 2 rings (SSSR count). The molecule has 0 bridgehead atoms. The Hall–Kier alpha value is -0.720. The predicted octanol–water partition coefficient (Wildman–Crippen LogP) is 1.78. The summed E-state index contributed by atoms with van der Waals surface area (Å²) < 4.78 is 0. The first kappa shape index (κ1) is 6.02. The van der Waals surface area contributed by atoms with Gasteiger partial charge in [0.05, 0.1) is 0 Å². The van der Waals surface area contributed by atoms with Crippen LogP contribution in [0.25, 0.3) is 0 Å². The molecule has 0 N–H and O–H groups in total. The maximum absolute atomic E-state index is 3.95. The third-order valence-electron chi connectivity index (χ3n) is 2.23. The fourth-order valence-corrected chi connectivity index (χ4v) is 1.57. The molecule has 0 unspecified atom stereocenters. The van der Waals surface area contributed by atoms with Crippen molar-refractivity contribution in [1.82, 2.24) is 4.90 Å². The molecule has 0 saturated heterocycles. The smallest absolute Gasteiger partial charge is 0.0418 e. The van der Waals surface area contributed by atoms with Gasteiger partial charge in [-0.05, 0) is 30.4 Å². The van der Waals surface area contributed by atoms with Gasteiger partial charge in [0.15, 0.2) is 0 Å². The molecule has 0 amide bonds. The molecule has 10 heavy (non-hydrogen) atoms. The first-order valence-corrected chi connectivity index (χ1v) is 3.88. The molecule has 1 heteroatoms. The van der Waals surface area contributed by atoms with E-state index in [0.717, 1.165) is 12.5 Å². The predicted molar refractivity (Wildman–Crippen MR) is 42.6 cm³/mol. The fourth-order valence-electron chi connectivity index (χ4n) is 1.57. The molecule has 1 nitrogen and oxygen atoms in total. The lowest BCUT2D eigenvalue weighted by molar-refractivity contribution is 0.453. The van der Waals surface area contributed by atoms with Gasteiger partial charge in [-0.2, -0.15) is 0 Å². The summed E-state index contributed by atoms with van der Waals surface area (Å²) in [6.45, 7) is 4.99. The van der Waals surface area contributed by atoms with Gasteiger partial charge in [0.25, 0.3) is 0 Å². The Balaban J connectivity index is 2.17. The van der Waals surface area contributed by atoms with E-state index in [0.29, 0.717) is 0 Å². The van der Waals surface area contributed by atoms with Crippen molar-refractivity contribution in [2.45, 2.75) is 12.8 Å². The van der Waals surface area contributed by atoms with E-state index in [4.69, 9.17) is 0 Å². The minimum atomic E-state index is 0.879. The van der Waals surface area contributed by atoms with Crippen molar-refractivity contribution >= 4 is 0 Å². The van der Waals surface area contributed by atoms with E-state index in [2.05, 4.69) is 24.6 Å². The lowest BCUT2D eigenvalue weighted by Crippen LogP contribution is -2.14. The fraction of sp³-hybridized carbons (Fsp3) is 0.556. The lowest BCUT2D eigenvalue weighted by Gasteiger charge is -2.14. The summed E-state index contributed by atoms with van der Waals surface area (Å²) in [6, 6.07) is 0. The lowest BCUT2D eigenvalue weighted by atomic mass is 10.2. The van der Waals surface area contributed by atoms with E-state index in [1.54, 1.807) is 0 Å². The van der Waals surface area contributed by atoms with Crippen LogP contribution in [0.2, 0.25) is 0 Å². The highest BCUT2D eigenvalue weighted by molar-refractivity contribution is 5.31. The van der Waals surface area contributed by atoms with Crippen LogP contribution in [-0.2, 0) is 0 Å². The molecule has 0 aromatic rings. The van der Waals surface area contributed by atoms with Crippen LogP contribution in [0.3, 0.4) is 0 Å². The summed E-state index contributed by atoms with van der Waals surface area (Å²) in [5.74, 6) is 0.879. The van der Waals surface area contributed by atoms with Crippen LogP contribution in [-0.4, -0.2) is 18.5 Å². The van der Waals surface area contributed by atoms with Crippen molar-refractivity contribution in [3.05, 3.63) is 23.9 Å². The number of hydrogen-bond donors (Lipinski definition) is 0. The number of rotatable bonds is 1. The summed E-state index contributed by atoms with van der Waals surface area (Å²) in [4.78, 5) is 2.32. The molecule has 0 radical (unpaired) electrons. The Morgan fingerprint density at radius 2 is 2.30 bits per heavy atom. The van der Waals surface area contributed by atoms with Crippen LogP contribution in [0, 0.1) is 5.92 Å². The average Bonchev–Trinajstić information content (AvgIpc) is 2.61. The molecular formula is C9H13N. The van der Waals surface area contributed by atoms with Gasteiger partial charge in [-0.3, -0.25) is 0 Å². The van der Waals surface area contributed by atoms with E-state index in [-0.39, 0.29) is 0 Å². The molecule has 1 fully saturated rings. The molecular weight excluding hydrogens is 122 g/mol. The largest absolute Gasteiger partial charge is 0.373 e. The van der Waals surface area contributed by atoms with E-state index in [9.17, 15) is 0 Å². The Kier molecular flexibility index (Phi) is 1.13. The third-order valence-corrected chi connectivity index (χ3v) is 2.23. The van der Waals surface area contributed by atoms with Crippen LogP contribution < -0.4 is 0 Å². The monoisotopic (exact) mass is 135 g/mol. The second-order valence-corrected chi connectivity index (χ2v) is 3.36. The molecule has 1 heterocycles.